The number of carbonyl (C=O) groups is 2. The maximum Gasteiger partial charge on any atom is 0.306 e. The standard InChI is InChI=1S/C15H20N2O3/c16-13-4-2-1-3-10(13)6-8-14(18)17-12-7-5-11(9-12)15(19)20/h1-4,11-12H,5-9,16H2,(H,17,18)(H,19,20). The van der Waals surface area contributed by atoms with Crippen LogP contribution in [0.3, 0.4) is 0 Å². The second kappa shape index (κ2) is 6.41. The molecule has 4 N–H and O–H groups in total. The lowest BCUT2D eigenvalue weighted by Gasteiger charge is -2.12. The largest absolute Gasteiger partial charge is 0.481 e. The molecule has 2 atom stereocenters. The summed E-state index contributed by atoms with van der Waals surface area (Å²) in [6, 6.07) is 7.50. The summed E-state index contributed by atoms with van der Waals surface area (Å²) in [4.78, 5) is 22.7. The fourth-order valence-electron chi connectivity index (χ4n) is 2.65. The molecule has 1 saturated carbocycles. The molecule has 2 rings (SSSR count). The number of benzene rings is 1. The topological polar surface area (TPSA) is 92.4 Å². The number of carboxylic acids is 1. The number of nitrogens with one attached hydrogen (secondary N) is 1. The van der Waals surface area contributed by atoms with Crippen LogP contribution in [0.5, 0.6) is 0 Å². The predicted octanol–water partition coefficient (Wildman–Crippen LogP) is 1.57. The summed E-state index contributed by atoms with van der Waals surface area (Å²) in [6.45, 7) is 0. The van der Waals surface area contributed by atoms with Crippen molar-refractivity contribution in [3.8, 4) is 0 Å². The van der Waals surface area contributed by atoms with Crippen LogP contribution in [0.4, 0.5) is 5.69 Å². The van der Waals surface area contributed by atoms with E-state index >= 15 is 0 Å². The van der Waals surface area contributed by atoms with Crippen molar-refractivity contribution in [2.24, 2.45) is 5.92 Å². The molecular formula is C15H20N2O3. The van der Waals surface area contributed by atoms with E-state index in [0.717, 1.165) is 12.0 Å². The van der Waals surface area contributed by atoms with Gasteiger partial charge in [0.25, 0.3) is 0 Å². The molecule has 1 aliphatic rings. The lowest BCUT2D eigenvalue weighted by molar-refractivity contribution is -0.141. The Morgan fingerprint density at radius 1 is 1.30 bits per heavy atom. The molecule has 0 bridgehead atoms. The molecule has 1 aromatic carbocycles. The van der Waals surface area contributed by atoms with Gasteiger partial charge in [-0.15, -0.1) is 0 Å². The van der Waals surface area contributed by atoms with E-state index in [1.54, 1.807) is 0 Å². The number of aliphatic carboxylic acids is 1. The van der Waals surface area contributed by atoms with Crippen molar-refractivity contribution in [2.75, 3.05) is 5.73 Å². The normalized spacial score (nSPS) is 21.6. The SMILES string of the molecule is Nc1ccccc1CCC(=O)NC1CCC(C(=O)O)C1. The Kier molecular flexibility index (Phi) is 4.61. The first-order chi connectivity index (χ1) is 9.56. The molecule has 1 aromatic rings. The summed E-state index contributed by atoms with van der Waals surface area (Å²) in [6.07, 6.45) is 2.91. The number of nitrogen functional groups attached to an aromatic ring is 1. The van der Waals surface area contributed by atoms with Gasteiger partial charge in [0.2, 0.25) is 5.91 Å². The van der Waals surface area contributed by atoms with Gasteiger partial charge in [-0.1, -0.05) is 18.2 Å². The van der Waals surface area contributed by atoms with Gasteiger partial charge in [0.05, 0.1) is 5.92 Å². The minimum Gasteiger partial charge on any atom is -0.481 e. The van der Waals surface area contributed by atoms with Gasteiger partial charge in [0.15, 0.2) is 0 Å². The van der Waals surface area contributed by atoms with Gasteiger partial charge in [-0.3, -0.25) is 9.59 Å². The van der Waals surface area contributed by atoms with Gasteiger partial charge < -0.3 is 16.2 Å². The van der Waals surface area contributed by atoms with Crippen LogP contribution in [0.2, 0.25) is 0 Å². The highest BCUT2D eigenvalue weighted by Gasteiger charge is 2.30. The average Bonchev–Trinajstić information content (AvgIpc) is 2.86. The number of nitrogens with two attached hydrogens (primary N) is 1. The molecule has 5 nitrogen and oxygen atoms in total. The van der Waals surface area contributed by atoms with Gasteiger partial charge >= 0.3 is 5.97 Å². The van der Waals surface area contributed by atoms with Crippen molar-refractivity contribution < 1.29 is 14.7 Å². The maximum absolute atomic E-state index is 11.9. The minimum atomic E-state index is -0.765. The number of rotatable bonds is 5. The molecule has 0 saturated heterocycles. The van der Waals surface area contributed by atoms with Crippen LogP contribution in [-0.4, -0.2) is 23.0 Å². The molecule has 0 heterocycles. The first kappa shape index (κ1) is 14.4. The fourth-order valence-corrected chi connectivity index (χ4v) is 2.65. The first-order valence-electron chi connectivity index (χ1n) is 6.92. The van der Waals surface area contributed by atoms with Gasteiger partial charge in [-0.25, -0.2) is 0 Å². The fraction of sp³-hybridized carbons (Fsp3) is 0.467. The Bertz CT molecular complexity index is 502. The van der Waals surface area contributed by atoms with E-state index in [1.165, 1.54) is 0 Å². The van der Waals surface area contributed by atoms with Crippen LogP contribution in [0, 0.1) is 5.92 Å². The van der Waals surface area contributed by atoms with E-state index < -0.39 is 5.97 Å². The number of hydrogen-bond acceptors (Lipinski definition) is 3. The monoisotopic (exact) mass is 276 g/mol. The summed E-state index contributed by atoms with van der Waals surface area (Å²) in [5.41, 5.74) is 7.50. The van der Waals surface area contributed by atoms with E-state index in [9.17, 15) is 9.59 Å². The molecule has 5 heteroatoms. The Hall–Kier alpha value is -2.04. The van der Waals surface area contributed by atoms with E-state index in [0.29, 0.717) is 31.4 Å². The number of amides is 1. The Morgan fingerprint density at radius 3 is 2.70 bits per heavy atom. The molecule has 0 radical (unpaired) electrons. The van der Waals surface area contributed by atoms with Crippen LogP contribution >= 0.6 is 0 Å². The van der Waals surface area contributed by atoms with Crippen LogP contribution in [0.25, 0.3) is 0 Å². The summed E-state index contributed by atoms with van der Waals surface area (Å²) in [5, 5.41) is 11.8. The summed E-state index contributed by atoms with van der Waals surface area (Å²) >= 11 is 0. The highest BCUT2D eigenvalue weighted by Crippen LogP contribution is 2.25. The van der Waals surface area contributed by atoms with Gasteiger partial charge in [-0.05, 0) is 37.3 Å². The highest BCUT2D eigenvalue weighted by atomic mass is 16.4. The molecule has 2 unspecified atom stereocenters. The van der Waals surface area contributed by atoms with E-state index in [1.807, 2.05) is 24.3 Å². The molecule has 108 valence electrons. The average molecular weight is 276 g/mol. The van der Waals surface area contributed by atoms with E-state index in [2.05, 4.69) is 5.32 Å². The molecule has 20 heavy (non-hydrogen) atoms. The quantitative estimate of drug-likeness (QED) is 0.712. The van der Waals surface area contributed by atoms with E-state index in [4.69, 9.17) is 10.8 Å². The summed E-state index contributed by atoms with van der Waals surface area (Å²) < 4.78 is 0. The molecule has 1 fully saturated rings. The van der Waals surface area contributed by atoms with Crippen molar-refractivity contribution in [2.45, 2.75) is 38.1 Å². The van der Waals surface area contributed by atoms with Gasteiger partial charge in [0, 0.05) is 18.2 Å². The Balaban J connectivity index is 1.77. The van der Waals surface area contributed by atoms with Crippen LogP contribution < -0.4 is 11.1 Å². The number of carboxylic acid groups (broad SMARTS) is 1. The maximum atomic E-state index is 11.9. The summed E-state index contributed by atoms with van der Waals surface area (Å²) in [5.74, 6) is -1.12. The molecule has 0 aliphatic heterocycles. The van der Waals surface area contributed by atoms with E-state index in [-0.39, 0.29) is 17.9 Å². The molecule has 1 amide bonds. The third kappa shape index (κ3) is 3.73. The van der Waals surface area contributed by atoms with Crippen molar-refractivity contribution >= 4 is 17.6 Å². The minimum absolute atomic E-state index is 0.00304. The molecule has 0 spiro atoms. The zero-order chi connectivity index (χ0) is 14.5. The number of aryl methyl sites for hydroxylation is 1. The third-order valence-electron chi connectivity index (χ3n) is 3.82. The van der Waals surface area contributed by atoms with Gasteiger partial charge in [-0.2, -0.15) is 0 Å². The zero-order valence-electron chi connectivity index (χ0n) is 11.3. The lowest BCUT2D eigenvalue weighted by Crippen LogP contribution is -2.33. The molecule has 1 aliphatic carbocycles. The zero-order valence-corrected chi connectivity index (χ0v) is 11.3. The molecule has 0 aromatic heterocycles. The van der Waals surface area contributed by atoms with Crippen molar-refractivity contribution in [3.05, 3.63) is 29.8 Å². The number of para-hydroxylation sites is 1. The smallest absolute Gasteiger partial charge is 0.306 e. The predicted molar refractivity (Wildman–Crippen MR) is 76.1 cm³/mol. The lowest BCUT2D eigenvalue weighted by atomic mass is 10.1. The summed E-state index contributed by atoms with van der Waals surface area (Å²) in [7, 11) is 0. The van der Waals surface area contributed by atoms with Crippen molar-refractivity contribution in [1.29, 1.82) is 0 Å². The number of anilines is 1. The van der Waals surface area contributed by atoms with Crippen molar-refractivity contribution in [1.82, 2.24) is 5.32 Å². The van der Waals surface area contributed by atoms with Crippen LogP contribution in [0.15, 0.2) is 24.3 Å². The van der Waals surface area contributed by atoms with Gasteiger partial charge in [0.1, 0.15) is 0 Å². The van der Waals surface area contributed by atoms with Crippen LogP contribution in [0.1, 0.15) is 31.2 Å². The highest BCUT2D eigenvalue weighted by molar-refractivity contribution is 5.77. The van der Waals surface area contributed by atoms with Crippen LogP contribution in [-0.2, 0) is 16.0 Å². The Labute approximate surface area is 118 Å². The third-order valence-corrected chi connectivity index (χ3v) is 3.82. The number of carbonyl (C=O) groups excluding carboxylic acids is 1. The van der Waals surface area contributed by atoms with Crippen molar-refractivity contribution in [3.63, 3.8) is 0 Å². The Morgan fingerprint density at radius 2 is 2.05 bits per heavy atom. The molecular weight excluding hydrogens is 256 g/mol. The second-order valence-electron chi connectivity index (χ2n) is 5.31. The first-order valence-corrected chi connectivity index (χ1v) is 6.92. The number of hydrogen-bond donors (Lipinski definition) is 3. The second-order valence-corrected chi connectivity index (χ2v) is 5.31.